The number of carbonyl (C=O) groups excluding carboxylic acids is 1. The Bertz CT molecular complexity index is 232. The fourth-order valence-corrected chi connectivity index (χ4v) is 1.54. The topological polar surface area (TPSA) is 92.4 Å². The van der Waals surface area contributed by atoms with Crippen molar-refractivity contribution in [2.75, 3.05) is 6.54 Å². The highest BCUT2D eigenvalue weighted by Crippen LogP contribution is 2.02. The molecule has 5 nitrogen and oxygen atoms in total. The number of nitrogens with two attached hydrogens (primary N) is 1. The number of amides is 1. The van der Waals surface area contributed by atoms with E-state index in [9.17, 15) is 9.59 Å². The number of aliphatic carboxylic acids is 1. The highest BCUT2D eigenvalue weighted by atomic mass is 16.4. The van der Waals surface area contributed by atoms with Gasteiger partial charge in [-0.2, -0.15) is 0 Å². The summed E-state index contributed by atoms with van der Waals surface area (Å²) in [5.41, 5.74) is 5.65. The largest absolute Gasteiger partial charge is 0.481 e. The summed E-state index contributed by atoms with van der Waals surface area (Å²) < 4.78 is 0. The fourth-order valence-electron chi connectivity index (χ4n) is 1.54. The second-order valence-corrected chi connectivity index (χ2v) is 4.24. The van der Waals surface area contributed by atoms with Crippen LogP contribution in [0.4, 0.5) is 0 Å². The third-order valence-electron chi connectivity index (χ3n) is 2.55. The van der Waals surface area contributed by atoms with Gasteiger partial charge in [-0.15, -0.1) is 0 Å². The second-order valence-electron chi connectivity index (χ2n) is 4.24. The van der Waals surface area contributed by atoms with Crippen LogP contribution in [-0.2, 0) is 9.59 Å². The first-order chi connectivity index (χ1) is 8.07. The Kier molecular flexibility index (Phi) is 9.43. The van der Waals surface area contributed by atoms with Crippen LogP contribution in [-0.4, -0.2) is 29.6 Å². The lowest BCUT2D eigenvalue weighted by Crippen LogP contribution is -2.40. The number of carbonyl (C=O) groups is 2. The predicted molar refractivity (Wildman–Crippen MR) is 66.6 cm³/mol. The molecule has 100 valence electrons. The highest BCUT2D eigenvalue weighted by molar-refractivity contribution is 5.81. The summed E-state index contributed by atoms with van der Waals surface area (Å²) in [6, 6.07) is -0.396. The Hall–Kier alpha value is -1.10. The fraction of sp³-hybridized carbons (Fsp3) is 0.833. The van der Waals surface area contributed by atoms with Gasteiger partial charge in [-0.1, -0.05) is 26.2 Å². The van der Waals surface area contributed by atoms with Crippen molar-refractivity contribution in [1.29, 1.82) is 0 Å². The summed E-state index contributed by atoms with van der Waals surface area (Å²) in [5.74, 6) is -0.832. The Labute approximate surface area is 103 Å². The van der Waals surface area contributed by atoms with Crippen LogP contribution in [0.25, 0.3) is 0 Å². The minimum atomic E-state index is -0.746. The first kappa shape index (κ1) is 15.9. The molecular weight excluding hydrogens is 220 g/mol. The van der Waals surface area contributed by atoms with Crippen molar-refractivity contribution in [1.82, 2.24) is 5.32 Å². The molecule has 0 heterocycles. The lowest BCUT2D eigenvalue weighted by Gasteiger charge is -2.10. The van der Waals surface area contributed by atoms with Gasteiger partial charge in [0.1, 0.15) is 0 Å². The number of carboxylic acids is 1. The number of carboxylic acid groups (broad SMARTS) is 1. The molecule has 5 heteroatoms. The first-order valence-corrected chi connectivity index (χ1v) is 6.33. The lowest BCUT2D eigenvalue weighted by molar-refractivity contribution is -0.137. The zero-order valence-corrected chi connectivity index (χ0v) is 10.6. The Morgan fingerprint density at radius 2 is 1.88 bits per heavy atom. The van der Waals surface area contributed by atoms with E-state index in [2.05, 4.69) is 5.32 Å². The van der Waals surface area contributed by atoms with E-state index in [4.69, 9.17) is 10.8 Å². The minimum absolute atomic E-state index is 0.0858. The molecular formula is C12H24N2O3. The van der Waals surface area contributed by atoms with Crippen molar-refractivity contribution in [3.05, 3.63) is 0 Å². The van der Waals surface area contributed by atoms with E-state index in [-0.39, 0.29) is 12.3 Å². The molecule has 0 aromatic heterocycles. The first-order valence-electron chi connectivity index (χ1n) is 6.33. The molecule has 1 unspecified atom stereocenters. The normalized spacial score (nSPS) is 12.1. The molecule has 0 radical (unpaired) electrons. The van der Waals surface area contributed by atoms with Gasteiger partial charge < -0.3 is 16.2 Å². The number of rotatable bonds is 10. The predicted octanol–water partition coefficient (Wildman–Crippen LogP) is 1.27. The molecule has 0 aliphatic heterocycles. The maximum Gasteiger partial charge on any atom is 0.303 e. The van der Waals surface area contributed by atoms with Crippen LogP contribution in [0.2, 0.25) is 0 Å². The van der Waals surface area contributed by atoms with Gasteiger partial charge >= 0.3 is 5.97 Å². The van der Waals surface area contributed by atoms with Gasteiger partial charge in [0, 0.05) is 13.0 Å². The van der Waals surface area contributed by atoms with Crippen LogP contribution in [0, 0.1) is 0 Å². The van der Waals surface area contributed by atoms with Gasteiger partial charge in [0.05, 0.1) is 6.04 Å². The monoisotopic (exact) mass is 244 g/mol. The number of hydrogen-bond donors (Lipinski definition) is 3. The second kappa shape index (κ2) is 10.1. The Morgan fingerprint density at radius 1 is 1.24 bits per heavy atom. The molecule has 0 spiro atoms. The quantitative estimate of drug-likeness (QED) is 0.504. The molecule has 0 aromatic rings. The van der Waals surface area contributed by atoms with E-state index >= 15 is 0 Å². The molecule has 0 aliphatic rings. The van der Waals surface area contributed by atoms with Crippen molar-refractivity contribution < 1.29 is 14.7 Å². The SMILES string of the molecule is CCCC(N)C(=O)NCCCCCCC(=O)O. The number of unbranched alkanes of at least 4 members (excludes halogenated alkanes) is 3. The van der Waals surface area contributed by atoms with E-state index in [1.807, 2.05) is 6.92 Å². The minimum Gasteiger partial charge on any atom is -0.481 e. The van der Waals surface area contributed by atoms with E-state index in [1.54, 1.807) is 0 Å². The zero-order valence-electron chi connectivity index (χ0n) is 10.6. The van der Waals surface area contributed by atoms with E-state index in [0.717, 1.165) is 25.7 Å². The molecule has 0 bridgehead atoms. The average Bonchev–Trinajstić information content (AvgIpc) is 2.27. The number of nitrogens with one attached hydrogen (secondary N) is 1. The Morgan fingerprint density at radius 3 is 2.47 bits per heavy atom. The molecule has 4 N–H and O–H groups in total. The summed E-state index contributed by atoms with van der Waals surface area (Å²) in [4.78, 5) is 21.6. The van der Waals surface area contributed by atoms with Crippen LogP contribution < -0.4 is 11.1 Å². The molecule has 17 heavy (non-hydrogen) atoms. The smallest absolute Gasteiger partial charge is 0.303 e. The van der Waals surface area contributed by atoms with E-state index in [1.165, 1.54) is 0 Å². The molecule has 0 fully saturated rings. The zero-order chi connectivity index (χ0) is 13.1. The summed E-state index contributed by atoms with van der Waals surface area (Å²) >= 11 is 0. The molecule has 1 atom stereocenters. The van der Waals surface area contributed by atoms with Crippen LogP contribution in [0.5, 0.6) is 0 Å². The maximum atomic E-state index is 11.4. The van der Waals surface area contributed by atoms with Crippen molar-refractivity contribution >= 4 is 11.9 Å². The maximum absolute atomic E-state index is 11.4. The molecule has 0 rings (SSSR count). The lowest BCUT2D eigenvalue weighted by atomic mass is 10.1. The van der Waals surface area contributed by atoms with Crippen LogP contribution in [0.15, 0.2) is 0 Å². The van der Waals surface area contributed by atoms with Crippen molar-refractivity contribution in [2.24, 2.45) is 5.73 Å². The highest BCUT2D eigenvalue weighted by Gasteiger charge is 2.10. The summed E-state index contributed by atoms with van der Waals surface area (Å²) in [5, 5.41) is 11.2. The molecule has 0 saturated carbocycles. The van der Waals surface area contributed by atoms with Crippen molar-refractivity contribution in [3.8, 4) is 0 Å². The van der Waals surface area contributed by atoms with E-state index in [0.29, 0.717) is 19.4 Å². The standard InChI is InChI=1S/C12H24N2O3/c1-2-7-10(13)12(17)14-9-6-4-3-5-8-11(15)16/h10H,2-9,13H2,1H3,(H,14,17)(H,15,16). The molecule has 0 saturated heterocycles. The van der Waals surface area contributed by atoms with Gasteiger partial charge in [0.25, 0.3) is 0 Å². The molecule has 1 amide bonds. The van der Waals surface area contributed by atoms with Gasteiger partial charge in [-0.25, -0.2) is 0 Å². The van der Waals surface area contributed by atoms with Crippen molar-refractivity contribution in [2.45, 2.75) is 57.9 Å². The van der Waals surface area contributed by atoms with Gasteiger partial charge in [-0.05, 0) is 19.3 Å². The third-order valence-corrected chi connectivity index (χ3v) is 2.55. The van der Waals surface area contributed by atoms with E-state index < -0.39 is 12.0 Å². The summed E-state index contributed by atoms with van der Waals surface area (Å²) in [6.45, 7) is 2.62. The van der Waals surface area contributed by atoms with Crippen molar-refractivity contribution in [3.63, 3.8) is 0 Å². The third kappa shape index (κ3) is 9.81. The summed E-state index contributed by atoms with van der Waals surface area (Å²) in [7, 11) is 0. The van der Waals surface area contributed by atoms with Crippen LogP contribution in [0.1, 0.15) is 51.9 Å². The van der Waals surface area contributed by atoms with Crippen LogP contribution in [0.3, 0.4) is 0 Å². The summed E-state index contributed by atoms with van der Waals surface area (Å²) in [6.07, 6.45) is 5.27. The Balaban J connectivity index is 3.33. The average molecular weight is 244 g/mol. The molecule has 0 aromatic carbocycles. The van der Waals surface area contributed by atoms with Crippen LogP contribution >= 0.6 is 0 Å². The molecule has 0 aliphatic carbocycles. The van der Waals surface area contributed by atoms with Gasteiger partial charge in [-0.3, -0.25) is 9.59 Å². The van der Waals surface area contributed by atoms with Gasteiger partial charge in [0.2, 0.25) is 5.91 Å². The van der Waals surface area contributed by atoms with Gasteiger partial charge in [0.15, 0.2) is 0 Å². The number of hydrogen-bond acceptors (Lipinski definition) is 3.